The van der Waals surface area contributed by atoms with Crippen LogP contribution < -0.4 is 35.6 Å². The van der Waals surface area contributed by atoms with Crippen LogP contribution in [0, 0.1) is 6.92 Å². The van der Waals surface area contributed by atoms with E-state index in [-0.39, 0.29) is 22.9 Å². The Morgan fingerprint density at radius 2 is 1.85 bits per heavy atom. The minimum absolute atomic E-state index is 0.209. The fraction of sp³-hybridized carbons (Fsp3) is 0.357. The van der Waals surface area contributed by atoms with Crippen LogP contribution >= 0.6 is 11.3 Å². The normalized spacial score (nSPS) is 14.7. The maximum atomic E-state index is 13.5. The molecule has 1 aliphatic rings. The molecule has 3 N–H and O–H groups in total. The van der Waals surface area contributed by atoms with Crippen LogP contribution in [0.15, 0.2) is 34.4 Å². The lowest BCUT2D eigenvalue weighted by Crippen LogP contribution is -2.33. The summed E-state index contributed by atoms with van der Waals surface area (Å²) in [6.07, 6.45) is 1.15. The number of thiazole rings is 1. The van der Waals surface area contributed by atoms with Gasteiger partial charge in [-0.3, -0.25) is 14.4 Å². The molecule has 0 saturated carbocycles. The number of aryl methyl sites for hydroxylation is 2. The van der Waals surface area contributed by atoms with Crippen molar-refractivity contribution < 1.29 is 23.8 Å². The largest absolute Gasteiger partial charge is 0.493 e. The van der Waals surface area contributed by atoms with Gasteiger partial charge in [0.25, 0.3) is 0 Å². The maximum absolute atomic E-state index is 13.5. The molecule has 4 rings (SSSR count). The van der Waals surface area contributed by atoms with Crippen LogP contribution in [0.4, 0.5) is 10.8 Å². The lowest BCUT2D eigenvalue weighted by atomic mass is 9.95. The van der Waals surface area contributed by atoms with Crippen molar-refractivity contribution >= 4 is 34.0 Å². The molecule has 1 aliphatic carbocycles. The van der Waals surface area contributed by atoms with E-state index in [1.807, 2.05) is 18.4 Å². The maximum Gasteiger partial charge on any atom is 0.248 e. The molecule has 3 aromatic rings. The summed E-state index contributed by atoms with van der Waals surface area (Å²) in [6, 6.07) is 5.72. The number of hydrogen-bond acceptors (Lipinski definition) is 9. The van der Waals surface area contributed by atoms with Gasteiger partial charge < -0.3 is 30.2 Å². The van der Waals surface area contributed by atoms with Gasteiger partial charge in [-0.1, -0.05) is 6.07 Å². The highest BCUT2D eigenvalue weighted by atomic mass is 32.1. The average molecular weight is 553 g/mol. The summed E-state index contributed by atoms with van der Waals surface area (Å²) in [5.74, 6) is 0.889. The molecule has 2 atom stereocenters. The summed E-state index contributed by atoms with van der Waals surface area (Å²) in [5, 5.41) is 11.1. The second kappa shape index (κ2) is 11.7. The molecule has 0 unspecified atom stereocenters. The van der Waals surface area contributed by atoms with Gasteiger partial charge in [0.15, 0.2) is 16.6 Å². The summed E-state index contributed by atoms with van der Waals surface area (Å²) < 4.78 is 17.0. The highest BCUT2D eigenvalue weighted by Gasteiger charge is 2.29. The monoisotopic (exact) mass is 552 g/mol. The predicted octanol–water partition coefficient (Wildman–Crippen LogP) is 4.07. The minimum Gasteiger partial charge on any atom is -0.493 e. The molecule has 1 heterocycles. The topological polar surface area (TPSA) is 128 Å². The van der Waals surface area contributed by atoms with Crippen molar-refractivity contribution in [2.24, 2.45) is 0 Å². The Morgan fingerprint density at radius 1 is 1.10 bits per heavy atom. The van der Waals surface area contributed by atoms with Gasteiger partial charge in [0, 0.05) is 17.9 Å². The van der Waals surface area contributed by atoms with E-state index in [9.17, 15) is 14.4 Å². The van der Waals surface area contributed by atoms with Gasteiger partial charge in [0.1, 0.15) is 6.04 Å². The van der Waals surface area contributed by atoms with Crippen molar-refractivity contribution in [2.45, 2.75) is 45.7 Å². The second-order valence-electron chi connectivity index (χ2n) is 9.25. The molecular weight excluding hydrogens is 520 g/mol. The fourth-order valence-corrected chi connectivity index (χ4v) is 5.44. The summed E-state index contributed by atoms with van der Waals surface area (Å²) in [5.41, 5.74) is 3.76. The zero-order valence-electron chi connectivity index (χ0n) is 22.8. The van der Waals surface area contributed by atoms with Crippen molar-refractivity contribution in [1.29, 1.82) is 0 Å². The van der Waals surface area contributed by atoms with Crippen LogP contribution in [0.2, 0.25) is 0 Å². The molecule has 0 saturated heterocycles. The third-order valence-corrected chi connectivity index (χ3v) is 7.41. The number of carbonyl (C=O) groups is 2. The molecule has 0 fully saturated rings. The first-order valence-electron chi connectivity index (χ1n) is 12.4. The summed E-state index contributed by atoms with van der Waals surface area (Å²) >= 11 is 1.33. The number of ether oxygens (including phenoxy) is 3. The second-order valence-corrected chi connectivity index (χ2v) is 10.1. The molecule has 1 aromatic heterocycles. The number of fused-ring (bicyclic) bond motifs is 3. The number of anilines is 2. The highest BCUT2D eigenvalue weighted by molar-refractivity contribution is 7.13. The van der Waals surface area contributed by atoms with E-state index < -0.39 is 12.1 Å². The van der Waals surface area contributed by atoms with Crippen LogP contribution in [0.5, 0.6) is 17.2 Å². The van der Waals surface area contributed by atoms with E-state index in [1.165, 1.54) is 31.4 Å². The smallest absolute Gasteiger partial charge is 0.248 e. The van der Waals surface area contributed by atoms with Crippen molar-refractivity contribution in [2.75, 3.05) is 32.0 Å². The standard InChI is InChI=1S/C28H32N4O6S/c1-14-13-39-28(29-14)32-27(35)15(2)30-21-10-8-18-19(12-22(21)34)20(31-16(3)33)9-7-17-11-23(36-4)25(37-5)26(38-6)24(17)18/h8,10-13,15,20H,7,9H2,1-6H3,(H,30,34)(H,31,33)(H,29,32,35)/t15-,20+/m1/s1. The van der Waals surface area contributed by atoms with Crippen LogP contribution in [0.25, 0.3) is 11.1 Å². The summed E-state index contributed by atoms with van der Waals surface area (Å²) in [6.45, 7) is 4.96. The van der Waals surface area contributed by atoms with E-state index in [1.54, 1.807) is 33.3 Å². The fourth-order valence-electron chi connectivity index (χ4n) is 4.75. The van der Waals surface area contributed by atoms with Gasteiger partial charge >= 0.3 is 0 Å². The Morgan fingerprint density at radius 3 is 2.46 bits per heavy atom. The third kappa shape index (κ3) is 5.83. The van der Waals surface area contributed by atoms with E-state index in [2.05, 4.69) is 20.9 Å². The van der Waals surface area contributed by atoms with Crippen LogP contribution in [0.3, 0.4) is 0 Å². The van der Waals surface area contributed by atoms with E-state index >= 15 is 0 Å². The van der Waals surface area contributed by atoms with E-state index in [0.29, 0.717) is 46.3 Å². The van der Waals surface area contributed by atoms with Crippen molar-refractivity contribution in [1.82, 2.24) is 10.3 Å². The number of nitrogens with zero attached hydrogens (tertiary/aromatic N) is 1. The number of aromatic nitrogens is 1. The number of rotatable bonds is 8. The number of methoxy groups -OCH3 is 3. The molecular formula is C28H32N4O6S. The van der Waals surface area contributed by atoms with Gasteiger partial charge in [-0.2, -0.15) is 0 Å². The number of hydrogen-bond donors (Lipinski definition) is 3. The Balaban J connectivity index is 1.82. The molecule has 2 aromatic carbocycles. The molecule has 0 spiro atoms. The number of carbonyl (C=O) groups excluding carboxylic acids is 2. The zero-order valence-corrected chi connectivity index (χ0v) is 23.6. The summed E-state index contributed by atoms with van der Waals surface area (Å²) in [4.78, 5) is 42.6. The quantitative estimate of drug-likeness (QED) is 0.382. The first kappa shape index (κ1) is 27.9. The molecule has 39 heavy (non-hydrogen) atoms. The summed E-state index contributed by atoms with van der Waals surface area (Å²) in [7, 11) is 4.64. The van der Waals surface area contributed by atoms with Crippen LogP contribution in [0.1, 0.15) is 43.1 Å². The van der Waals surface area contributed by atoms with Gasteiger partial charge in [-0.25, -0.2) is 4.98 Å². The zero-order chi connectivity index (χ0) is 28.3. The van der Waals surface area contributed by atoms with E-state index in [4.69, 9.17) is 14.2 Å². The van der Waals surface area contributed by atoms with Crippen LogP contribution in [-0.4, -0.2) is 44.2 Å². The predicted molar refractivity (Wildman–Crippen MR) is 151 cm³/mol. The molecule has 0 aliphatic heterocycles. The van der Waals surface area contributed by atoms with Crippen molar-refractivity contribution in [3.63, 3.8) is 0 Å². The number of amides is 2. The van der Waals surface area contributed by atoms with Gasteiger partial charge in [-0.05, 0) is 61.6 Å². The third-order valence-electron chi connectivity index (χ3n) is 6.53. The minimum atomic E-state index is -0.721. The van der Waals surface area contributed by atoms with Gasteiger partial charge in [-0.15, -0.1) is 11.3 Å². The van der Waals surface area contributed by atoms with Gasteiger partial charge in [0.05, 0.1) is 38.8 Å². The van der Waals surface area contributed by atoms with Crippen LogP contribution in [-0.2, 0) is 16.0 Å². The molecule has 11 heteroatoms. The lowest BCUT2D eigenvalue weighted by molar-refractivity contribution is -0.119. The van der Waals surface area contributed by atoms with Gasteiger partial charge in [0.2, 0.25) is 23.0 Å². The Hall–Kier alpha value is -4.12. The molecule has 2 amide bonds. The number of benzene rings is 1. The number of nitrogens with one attached hydrogen (secondary N) is 3. The first-order valence-corrected chi connectivity index (χ1v) is 13.3. The highest BCUT2D eigenvalue weighted by Crippen LogP contribution is 2.50. The SMILES string of the molecule is COc1cc2c(c(OC)c1OC)-c1ccc(N[C@H](C)C(=O)Nc3nc(C)cs3)c(=O)cc1[C@@H](NC(C)=O)CC2. The lowest BCUT2D eigenvalue weighted by Gasteiger charge is -2.19. The Bertz CT molecular complexity index is 1470. The van der Waals surface area contributed by atoms with Crippen molar-refractivity contribution in [3.8, 4) is 28.4 Å². The Kier molecular flexibility index (Phi) is 8.39. The molecule has 10 nitrogen and oxygen atoms in total. The first-order chi connectivity index (χ1) is 18.7. The average Bonchev–Trinajstić information content (AvgIpc) is 3.17. The molecule has 0 radical (unpaired) electrons. The Labute approximate surface area is 230 Å². The molecule has 206 valence electrons. The van der Waals surface area contributed by atoms with E-state index in [0.717, 1.165) is 16.8 Å². The van der Waals surface area contributed by atoms with Crippen molar-refractivity contribution in [3.05, 3.63) is 56.7 Å². The molecule has 0 bridgehead atoms.